The molecule has 96 valence electrons. The quantitative estimate of drug-likeness (QED) is 0.468. The highest BCUT2D eigenvalue weighted by atomic mass is 16.7. The van der Waals surface area contributed by atoms with Crippen LogP contribution >= 0.6 is 0 Å². The number of hydrogen-bond acceptors (Lipinski definition) is 4. The molecule has 18 heavy (non-hydrogen) atoms. The number of carbonyl (C=O) groups excluding carboxylic acids is 2. The van der Waals surface area contributed by atoms with Crippen molar-refractivity contribution in [2.24, 2.45) is 0 Å². The third kappa shape index (κ3) is 3.09. The average molecular weight is 248 g/mol. The minimum absolute atomic E-state index is 0.0392. The zero-order chi connectivity index (χ0) is 13.0. The number of carbonyl (C=O) groups is 2. The van der Waals surface area contributed by atoms with Crippen LogP contribution in [0.15, 0.2) is 18.2 Å². The van der Waals surface area contributed by atoms with Gasteiger partial charge in [-0.05, 0) is 44.7 Å². The molecule has 1 aliphatic carbocycles. The minimum atomic E-state index is -0.728. The van der Waals surface area contributed by atoms with Gasteiger partial charge in [-0.15, -0.1) is 0 Å². The first kappa shape index (κ1) is 12.6. The Hall–Kier alpha value is -1.84. The predicted octanol–water partition coefficient (Wildman–Crippen LogP) is 3.27. The van der Waals surface area contributed by atoms with Crippen molar-refractivity contribution in [3.63, 3.8) is 0 Å². The molecule has 0 bridgehead atoms. The number of aryl methyl sites for hydroxylation is 1. The zero-order valence-corrected chi connectivity index (χ0v) is 10.3. The number of aldehydes is 1. The molecule has 0 spiro atoms. The van der Waals surface area contributed by atoms with Crippen molar-refractivity contribution >= 4 is 12.4 Å². The first-order valence-electron chi connectivity index (χ1n) is 6.13. The minimum Gasteiger partial charge on any atom is -0.431 e. The van der Waals surface area contributed by atoms with Crippen LogP contribution in [-0.2, 0) is 4.74 Å². The SMILES string of the molecule is Cc1ccc(OC(=O)OC2CCCC2)c(C=O)c1. The van der Waals surface area contributed by atoms with E-state index in [4.69, 9.17) is 9.47 Å². The van der Waals surface area contributed by atoms with Crippen LogP contribution in [0.4, 0.5) is 4.79 Å². The highest BCUT2D eigenvalue weighted by Gasteiger charge is 2.21. The number of benzene rings is 1. The van der Waals surface area contributed by atoms with E-state index in [1.54, 1.807) is 18.2 Å². The third-order valence-corrected chi connectivity index (χ3v) is 3.05. The second-order valence-electron chi connectivity index (χ2n) is 4.54. The molecule has 0 aromatic heterocycles. The third-order valence-electron chi connectivity index (χ3n) is 3.05. The molecule has 4 heteroatoms. The number of hydrogen-bond donors (Lipinski definition) is 0. The van der Waals surface area contributed by atoms with E-state index in [1.165, 1.54) is 0 Å². The summed E-state index contributed by atoms with van der Waals surface area (Å²) in [7, 11) is 0. The van der Waals surface area contributed by atoms with Crippen LogP contribution in [0.25, 0.3) is 0 Å². The van der Waals surface area contributed by atoms with Gasteiger partial charge in [-0.3, -0.25) is 4.79 Å². The zero-order valence-electron chi connectivity index (χ0n) is 10.3. The first-order valence-corrected chi connectivity index (χ1v) is 6.13. The molecule has 0 atom stereocenters. The van der Waals surface area contributed by atoms with Crippen LogP contribution in [0.5, 0.6) is 5.75 Å². The summed E-state index contributed by atoms with van der Waals surface area (Å²) in [5.41, 5.74) is 1.30. The first-order chi connectivity index (χ1) is 8.69. The van der Waals surface area contributed by atoms with E-state index in [0.717, 1.165) is 31.2 Å². The van der Waals surface area contributed by atoms with Crippen molar-refractivity contribution in [1.82, 2.24) is 0 Å². The Morgan fingerprint density at radius 3 is 2.72 bits per heavy atom. The largest absolute Gasteiger partial charge is 0.514 e. The highest BCUT2D eigenvalue weighted by molar-refractivity contribution is 5.81. The van der Waals surface area contributed by atoms with E-state index in [-0.39, 0.29) is 11.9 Å². The molecule has 4 nitrogen and oxygen atoms in total. The molecule has 0 saturated heterocycles. The van der Waals surface area contributed by atoms with Crippen molar-refractivity contribution in [2.75, 3.05) is 0 Å². The van der Waals surface area contributed by atoms with Gasteiger partial charge in [0.2, 0.25) is 0 Å². The lowest BCUT2D eigenvalue weighted by atomic mass is 10.1. The molecule has 0 N–H and O–H groups in total. The number of rotatable bonds is 3. The Morgan fingerprint density at radius 2 is 2.06 bits per heavy atom. The smallest absolute Gasteiger partial charge is 0.431 e. The van der Waals surface area contributed by atoms with Gasteiger partial charge in [-0.25, -0.2) is 4.79 Å². The second kappa shape index (κ2) is 5.67. The number of ether oxygens (including phenoxy) is 2. The van der Waals surface area contributed by atoms with Gasteiger partial charge in [0.1, 0.15) is 11.9 Å². The monoisotopic (exact) mass is 248 g/mol. The van der Waals surface area contributed by atoms with Gasteiger partial charge in [0.05, 0.1) is 5.56 Å². The van der Waals surface area contributed by atoms with E-state index >= 15 is 0 Å². The average Bonchev–Trinajstić information content (AvgIpc) is 2.84. The van der Waals surface area contributed by atoms with Crippen molar-refractivity contribution in [3.8, 4) is 5.75 Å². The lowest BCUT2D eigenvalue weighted by Gasteiger charge is -2.12. The molecule has 1 aromatic carbocycles. The van der Waals surface area contributed by atoms with Gasteiger partial charge in [0.25, 0.3) is 0 Å². The van der Waals surface area contributed by atoms with Crippen LogP contribution in [0.1, 0.15) is 41.6 Å². The normalized spacial score (nSPS) is 15.4. The summed E-state index contributed by atoms with van der Waals surface area (Å²) in [4.78, 5) is 22.4. The molecule has 1 saturated carbocycles. The molecule has 2 rings (SSSR count). The Labute approximate surface area is 106 Å². The predicted molar refractivity (Wildman–Crippen MR) is 65.9 cm³/mol. The topological polar surface area (TPSA) is 52.6 Å². The van der Waals surface area contributed by atoms with Crippen molar-refractivity contribution < 1.29 is 19.1 Å². The summed E-state index contributed by atoms with van der Waals surface area (Å²) in [6.07, 6.45) is 3.86. The van der Waals surface area contributed by atoms with Gasteiger partial charge >= 0.3 is 6.16 Å². The van der Waals surface area contributed by atoms with Crippen molar-refractivity contribution in [3.05, 3.63) is 29.3 Å². The Bertz CT molecular complexity index is 447. The molecule has 0 amide bonds. The fourth-order valence-corrected chi connectivity index (χ4v) is 2.11. The van der Waals surface area contributed by atoms with Crippen LogP contribution in [0, 0.1) is 6.92 Å². The molecule has 0 unspecified atom stereocenters. The van der Waals surface area contributed by atoms with E-state index < -0.39 is 6.16 Å². The second-order valence-corrected chi connectivity index (χ2v) is 4.54. The lowest BCUT2D eigenvalue weighted by Crippen LogP contribution is -2.18. The molecule has 1 aliphatic rings. The summed E-state index contributed by atoms with van der Waals surface area (Å²) in [6, 6.07) is 5.06. The van der Waals surface area contributed by atoms with Crippen molar-refractivity contribution in [2.45, 2.75) is 38.7 Å². The van der Waals surface area contributed by atoms with E-state index in [0.29, 0.717) is 11.8 Å². The Morgan fingerprint density at radius 1 is 1.33 bits per heavy atom. The maximum Gasteiger partial charge on any atom is 0.514 e. The molecule has 1 fully saturated rings. The van der Waals surface area contributed by atoms with Crippen LogP contribution in [0.2, 0.25) is 0 Å². The van der Waals surface area contributed by atoms with Crippen molar-refractivity contribution in [1.29, 1.82) is 0 Å². The molecule has 0 aliphatic heterocycles. The van der Waals surface area contributed by atoms with Gasteiger partial charge in [0.15, 0.2) is 6.29 Å². The van der Waals surface area contributed by atoms with Crippen LogP contribution < -0.4 is 4.74 Å². The lowest BCUT2D eigenvalue weighted by molar-refractivity contribution is 0.0611. The molecule has 1 aromatic rings. The van der Waals surface area contributed by atoms with Gasteiger partial charge in [0, 0.05) is 0 Å². The maximum absolute atomic E-state index is 11.6. The fourth-order valence-electron chi connectivity index (χ4n) is 2.11. The molecular weight excluding hydrogens is 232 g/mol. The van der Waals surface area contributed by atoms with Crippen LogP contribution in [0.3, 0.4) is 0 Å². The fraction of sp³-hybridized carbons (Fsp3) is 0.429. The summed E-state index contributed by atoms with van der Waals surface area (Å²) in [6.45, 7) is 1.87. The Kier molecular flexibility index (Phi) is 3.97. The van der Waals surface area contributed by atoms with E-state index in [2.05, 4.69) is 0 Å². The summed E-state index contributed by atoms with van der Waals surface area (Å²) >= 11 is 0. The summed E-state index contributed by atoms with van der Waals surface area (Å²) < 4.78 is 10.2. The molecular formula is C14H16O4. The summed E-state index contributed by atoms with van der Waals surface area (Å²) in [5.74, 6) is 0.249. The van der Waals surface area contributed by atoms with Gasteiger partial charge < -0.3 is 9.47 Å². The van der Waals surface area contributed by atoms with E-state index in [1.807, 2.05) is 6.92 Å². The molecule has 0 heterocycles. The highest BCUT2D eigenvalue weighted by Crippen LogP contribution is 2.23. The molecule has 0 radical (unpaired) electrons. The standard InChI is InChI=1S/C14H16O4/c1-10-6-7-13(11(8-10)9-15)18-14(16)17-12-4-2-3-5-12/h6-9,12H,2-5H2,1H3. The van der Waals surface area contributed by atoms with E-state index in [9.17, 15) is 9.59 Å². The van der Waals surface area contributed by atoms with Crippen LogP contribution in [-0.4, -0.2) is 18.5 Å². The maximum atomic E-state index is 11.6. The van der Waals surface area contributed by atoms with Gasteiger partial charge in [-0.1, -0.05) is 11.6 Å². The summed E-state index contributed by atoms with van der Waals surface area (Å²) in [5, 5.41) is 0. The Balaban J connectivity index is 1.99. The van der Waals surface area contributed by atoms with Gasteiger partial charge in [-0.2, -0.15) is 0 Å².